The quantitative estimate of drug-likeness (QED) is 0.643. The van der Waals surface area contributed by atoms with E-state index in [1.807, 2.05) is 19.2 Å². The van der Waals surface area contributed by atoms with Gasteiger partial charge in [0, 0.05) is 13.7 Å². The van der Waals surface area contributed by atoms with E-state index in [4.69, 9.17) is 14.2 Å². The predicted octanol–water partition coefficient (Wildman–Crippen LogP) is 1.59. The van der Waals surface area contributed by atoms with Crippen molar-refractivity contribution < 1.29 is 14.2 Å². The number of nitrogens with one attached hydrogen (secondary N) is 1. The highest BCUT2D eigenvalue weighted by Gasteiger charge is 2.00. The molecule has 0 amide bonds. The average Bonchev–Trinajstić information content (AvgIpc) is 2.40. The van der Waals surface area contributed by atoms with Crippen molar-refractivity contribution in [2.45, 2.75) is 13.2 Å². The molecule has 0 aromatic heterocycles. The van der Waals surface area contributed by atoms with Crippen LogP contribution >= 0.6 is 0 Å². The Labute approximate surface area is 109 Å². The van der Waals surface area contributed by atoms with Crippen LogP contribution in [0.2, 0.25) is 0 Å². The van der Waals surface area contributed by atoms with Crippen LogP contribution in [0.15, 0.2) is 24.3 Å². The van der Waals surface area contributed by atoms with E-state index in [0.717, 1.165) is 6.54 Å². The number of methoxy groups -OCH3 is 1. The number of ether oxygens (including phenoxy) is 3. The van der Waals surface area contributed by atoms with Crippen molar-refractivity contribution in [2.75, 3.05) is 40.6 Å². The molecule has 0 unspecified atom stereocenters. The van der Waals surface area contributed by atoms with Gasteiger partial charge in [-0.1, -0.05) is 24.3 Å². The fourth-order valence-corrected chi connectivity index (χ4v) is 1.61. The number of rotatable bonds is 10. The lowest BCUT2D eigenvalue weighted by Gasteiger charge is -2.10. The number of hydrogen-bond donors (Lipinski definition) is 1. The van der Waals surface area contributed by atoms with Gasteiger partial charge in [0.25, 0.3) is 0 Å². The molecule has 0 spiro atoms. The standard InChI is InChI=1S/C14H23NO3/c1-15-11-13-5-3-4-6-14(13)12-18-10-9-17-8-7-16-2/h3-6,15H,7-12H2,1-2H3. The van der Waals surface area contributed by atoms with Crippen LogP contribution in [-0.2, 0) is 27.4 Å². The van der Waals surface area contributed by atoms with Crippen LogP contribution in [0.3, 0.4) is 0 Å². The molecule has 0 atom stereocenters. The molecular formula is C14H23NO3. The van der Waals surface area contributed by atoms with Crippen LogP contribution in [0.25, 0.3) is 0 Å². The first-order valence-electron chi connectivity index (χ1n) is 6.24. The highest BCUT2D eigenvalue weighted by molar-refractivity contribution is 5.26. The van der Waals surface area contributed by atoms with Gasteiger partial charge in [-0.15, -0.1) is 0 Å². The molecule has 4 heteroatoms. The first kappa shape index (κ1) is 15.1. The Morgan fingerprint density at radius 3 is 2.33 bits per heavy atom. The van der Waals surface area contributed by atoms with Crippen molar-refractivity contribution in [2.24, 2.45) is 0 Å². The molecule has 0 aliphatic heterocycles. The normalized spacial score (nSPS) is 10.8. The molecule has 102 valence electrons. The molecule has 0 saturated carbocycles. The summed E-state index contributed by atoms with van der Waals surface area (Å²) in [6.45, 7) is 3.96. The Morgan fingerprint density at radius 2 is 1.61 bits per heavy atom. The van der Waals surface area contributed by atoms with Crippen molar-refractivity contribution >= 4 is 0 Å². The molecule has 18 heavy (non-hydrogen) atoms. The van der Waals surface area contributed by atoms with Crippen molar-refractivity contribution in [3.8, 4) is 0 Å². The van der Waals surface area contributed by atoms with E-state index in [2.05, 4.69) is 17.4 Å². The van der Waals surface area contributed by atoms with Crippen LogP contribution in [0.5, 0.6) is 0 Å². The van der Waals surface area contributed by atoms with Gasteiger partial charge in [-0.2, -0.15) is 0 Å². The summed E-state index contributed by atoms with van der Waals surface area (Å²) in [4.78, 5) is 0. The summed E-state index contributed by atoms with van der Waals surface area (Å²) in [6.07, 6.45) is 0. The molecule has 0 saturated heterocycles. The van der Waals surface area contributed by atoms with Crippen LogP contribution < -0.4 is 5.32 Å². The fourth-order valence-electron chi connectivity index (χ4n) is 1.61. The smallest absolute Gasteiger partial charge is 0.0721 e. The Hall–Kier alpha value is -0.940. The van der Waals surface area contributed by atoms with Gasteiger partial charge in [0.15, 0.2) is 0 Å². The molecule has 0 heterocycles. The maximum atomic E-state index is 5.59. The topological polar surface area (TPSA) is 39.7 Å². The summed E-state index contributed by atoms with van der Waals surface area (Å²) in [7, 11) is 3.61. The van der Waals surface area contributed by atoms with Gasteiger partial charge in [0.05, 0.1) is 33.0 Å². The molecule has 0 aliphatic carbocycles. The summed E-state index contributed by atoms with van der Waals surface area (Å²) in [5.41, 5.74) is 2.50. The summed E-state index contributed by atoms with van der Waals surface area (Å²) in [5, 5.41) is 3.16. The van der Waals surface area contributed by atoms with E-state index in [1.165, 1.54) is 11.1 Å². The predicted molar refractivity (Wildman–Crippen MR) is 71.6 cm³/mol. The first-order valence-corrected chi connectivity index (χ1v) is 6.24. The van der Waals surface area contributed by atoms with Gasteiger partial charge >= 0.3 is 0 Å². The third-order valence-electron chi connectivity index (χ3n) is 2.55. The van der Waals surface area contributed by atoms with Crippen LogP contribution in [0.1, 0.15) is 11.1 Å². The van der Waals surface area contributed by atoms with E-state index in [9.17, 15) is 0 Å². The molecule has 1 aromatic rings. The zero-order valence-corrected chi connectivity index (χ0v) is 11.3. The summed E-state index contributed by atoms with van der Waals surface area (Å²) < 4.78 is 15.8. The van der Waals surface area contributed by atoms with Crippen LogP contribution in [-0.4, -0.2) is 40.6 Å². The van der Waals surface area contributed by atoms with E-state index in [0.29, 0.717) is 33.0 Å². The second-order valence-electron chi connectivity index (χ2n) is 3.96. The SMILES string of the molecule is CNCc1ccccc1COCCOCCOC. The molecule has 0 radical (unpaired) electrons. The maximum absolute atomic E-state index is 5.59. The van der Waals surface area contributed by atoms with Crippen molar-refractivity contribution in [3.05, 3.63) is 35.4 Å². The Balaban J connectivity index is 2.18. The lowest BCUT2D eigenvalue weighted by atomic mass is 10.1. The molecule has 0 aliphatic rings. The van der Waals surface area contributed by atoms with E-state index >= 15 is 0 Å². The molecule has 1 aromatic carbocycles. The molecule has 4 nitrogen and oxygen atoms in total. The lowest BCUT2D eigenvalue weighted by molar-refractivity contribution is 0.0198. The minimum absolute atomic E-state index is 0.609. The summed E-state index contributed by atoms with van der Waals surface area (Å²) >= 11 is 0. The Kier molecular flexibility index (Phi) is 8.42. The number of benzene rings is 1. The summed E-state index contributed by atoms with van der Waals surface area (Å²) in [6, 6.07) is 8.29. The fraction of sp³-hybridized carbons (Fsp3) is 0.571. The minimum Gasteiger partial charge on any atom is -0.382 e. The van der Waals surface area contributed by atoms with Crippen LogP contribution in [0.4, 0.5) is 0 Å². The molecule has 1 N–H and O–H groups in total. The molecule has 1 rings (SSSR count). The van der Waals surface area contributed by atoms with Crippen molar-refractivity contribution in [3.63, 3.8) is 0 Å². The van der Waals surface area contributed by atoms with Crippen molar-refractivity contribution in [1.82, 2.24) is 5.32 Å². The lowest BCUT2D eigenvalue weighted by Crippen LogP contribution is -2.10. The van der Waals surface area contributed by atoms with Gasteiger partial charge in [-0.05, 0) is 18.2 Å². The second-order valence-corrected chi connectivity index (χ2v) is 3.96. The highest BCUT2D eigenvalue weighted by atomic mass is 16.5. The van der Waals surface area contributed by atoms with Crippen molar-refractivity contribution in [1.29, 1.82) is 0 Å². The van der Waals surface area contributed by atoms with Gasteiger partial charge < -0.3 is 19.5 Å². The third-order valence-corrected chi connectivity index (χ3v) is 2.55. The average molecular weight is 253 g/mol. The van der Waals surface area contributed by atoms with Gasteiger partial charge in [0.2, 0.25) is 0 Å². The third kappa shape index (κ3) is 6.12. The Bertz CT molecular complexity index is 318. The zero-order valence-electron chi connectivity index (χ0n) is 11.3. The Morgan fingerprint density at radius 1 is 0.944 bits per heavy atom. The zero-order chi connectivity index (χ0) is 13.1. The van der Waals surface area contributed by atoms with E-state index in [-0.39, 0.29) is 0 Å². The molecule has 0 bridgehead atoms. The van der Waals surface area contributed by atoms with E-state index < -0.39 is 0 Å². The van der Waals surface area contributed by atoms with Gasteiger partial charge in [0.1, 0.15) is 0 Å². The van der Waals surface area contributed by atoms with Gasteiger partial charge in [-0.25, -0.2) is 0 Å². The largest absolute Gasteiger partial charge is 0.382 e. The monoisotopic (exact) mass is 253 g/mol. The van der Waals surface area contributed by atoms with E-state index in [1.54, 1.807) is 7.11 Å². The first-order chi connectivity index (χ1) is 8.88. The molecular weight excluding hydrogens is 230 g/mol. The summed E-state index contributed by atoms with van der Waals surface area (Å²) in [5.74, 6) is 0. The van der Waals surface area contributed by atoms with Gasteiger partial charge in [-0.3, -0.25) is 0 Å². The maximum Gasteiger partial charge on any atom is 0.0721 e. The molecule has 0 fully saturated rings. The second kappa shape index (κ2) is 10.0. The van der Waals surface area contributed by atoms with Crippen LogP contribution in [0, 0.1) is 0 Å². The highest BCUT2D eigenvalue weighted by Crippen LogP contribution is 2.09. The number of hydrogen-bond acceptors (Lipinski definition) is 4. The minimum atomic E-state index is 0.609.